The van der Waals surface area contributed by atoms with E-state index in [0.29, 0.717) is 13.0 Å². The number of benzene rings is 1. The molecule has 0 radical (unpaired) electrons. The van der Waals surface area contributed by atoms with Gasteiger partial charge in [0.15, 0.2) is 11.5 Å². The van der Waals surface area contributed by atoms with Crippen LogP contribution in [0.3, 0.4) is 0 Å². The van der Waals surface area contributed by atoms with E-state index >= 15 is 0 Å². The zero-order valence-corrected chi connectivity index (χ0v) is 11.9. The maximum absolute atomic E-state index is 9.17. The standard InChI is InChI=1S/C16H15N3O3/c20-7-1-6-19-13-9-15-14(21-10-22-15)8-12(13)18-16(19)11-2-4-17-5-3-11/h2-5,8-9,20H,1,6-7,10H2. The first-order chi connectivity index (χ1) is 10.9. The van der Waals surface area contributed by atoms with E-state index in [1.165, 1.54) is 0 Å². The summed E-state index contributed by atoms with van der Waals surface area (Å²) >= 11 is 0. The zero-order valence-electron chi connectivity index (χ0n) is 11.9. The Morgan fingerprint density at radius 3 is 2.68 bits per heavy atom. The van der Waals surface area contributed by atoms with E-state index in [0.717, 1.165) is 33.9 Å². The van der Waals surface area contributed by atoms with E-state index in [9.17, 15) is 0 Å². The Labute approximate surface area is 127 Å². The molecule has 1 N–H and O–H groups in total. The summed E-state index contributed by atoms with van der Waals surface area (Å²) < 4.78 is 13.0. The molecule has 3 aromatic rings. The van der Waals surface area contributed by atoms with Gasteiger partial charge in [-0.2, -0.15) is 0 Å². The number of aromatic nitrogens is 3. The van der Waals surface area contributed by atoms with Crippen LogP contribution in [0.2, 0.25) is 0 Å². The molecule has 2 aromatic heterocycles. The van der Waals surface area contributed by atoms with Crippen LogP contribution >= 0.6 is 0 Å². The molecular weight excluding hydrogens is 282 g/mol. The van der Waals surface area contributed by atoms with Crippen LogP contribution in [-0.4, -0.2) is 33.0 Å². The van der Waals surface area contributed by atoms with Crippen LogP contribution in [0.1, 0.15) is 6.42 Å². The summed E-state index contributed by atoms with van der Waals surface area (Å²) in [5.74, 6) is 2.31. The monoisotopic (exact) mass is 297 g/mol. The van der Waals surface area contributed by atoms with E-state index in [1.807, 2.05) is 24.3 Å². The zero-order chi connectivity index (χ0) is 14.9. The number of pyridine rings is 1. The number of hydrogen-bond acceptors (Lipinski definition) is 5. The topological polar surface area (TPSA) is 69.4 Å². The van der Waals surface area contributed by atoms with Gasteiger partial charge in [-0.15, -0.1) is 0 Å². The van der Waals surface area contributed by atoms with E-state index in [2.05, 4.69) is 9.55 Å². The summed E-state index contributed by atoms with van der Waals surface area (Å²) in [7, 11) is 0. The third-order valence-electron chi connectivity index (χ3n) is 3.72. The quantitative estimate of drug-likeness (QED) is 0.799. The first kappa shape index (κ1) is 13.1. The highest BCUT2D eigenvalue weighted by atomic mass is 16.7. The Morgan fingerprint density at radius 2 is 1.91 bits per heavy atom. The summed E-state index contributed by atoms with van der Waals surface area (Å²) in [5.41, 5.74) is 2.82. The molecule has 0 spiro atoms. The van der Waals surface area contributed by atoms with Crippen molar-refractivity contribution in [1.29, 1.82) is 0 Å². The molecule has 4 rings (SSSR count). The van der Waals surface area contributed by atoms with Gasteiger partial charge in [0.1, 0.15) is 5.82 Å². The van der Waals surface area contributed by atoms with Gasteiger partial charge in [0.25, 0.3) is 0 Å². The minimum absolute atomic E-state index is 0.139. The molecule has 0 amide bonds. The maximum Gasteiger partial charge on any atom is 0.231 e. The Kier molecular flexibility index (Phi) is 3.16. The number of hydrogen-bond donors (Lipinski definition) is 1. The SMILES string of the molecule is OCCCn1c(-c2ccncc2)nc2cc3c(cc21)OCO3. The predicted molar refractivity (Wildman–Crippen MR) is 80.8 cm³/mol. The van der Waals surface area contributed by atoms with Crippen LogP contribution in [-0.2, 0) is 6.54 Å². The van der Waals surface area contributed by atoms with E-state index in [-0.39, 0.29) is 13.4 Å². The van der Waals surface area contributed by atoms with Crippen molar-refractivity contribution in [3.05, 3.63) is 36.7 Å². The fourth-order valence-corrected chi connectivity index (χ4v) is 2.69. The van der Waals surface area contributed by atoms with Gasteiger partial charge >= 0.3 is 0 Å². The largest absolute Gasteiger partial charge is 0.454 e. The van der Waals surface area contributed by atoms with Crippen molar-refractivity contribution in [3.63, 3.8) is 0 Å². The highest BCUT2D eigenvalue weighted by molar-refractivity contribution is 5.84. The van der Waals surface area contributed by atoms with Crippen molar-refractivity contribution in [2.24, 2.45) is 0 Å². The molecule has 0 aliphatic carbocycles. The van der Waals surface area contributed by atoms with Crippen molar-refractivity contribution in [2.45, 2.75) is 13.0 Å². The molecule has 22 heavy (non-hydrogen) atoms. The number of aryl methyl sites for hydroxylation is 1. The van der Waals surface area contributed by atoms with Gasteiger partial charge in [0, 0.05) is 43.2 Å². The molecule has 0 atom stereocenters. The molecule has 1 aliphatic heterocycles. The Bertz CT molecular complexity index is 814. The smallest absolute Gasteiger partial charge is 0.231 e. The summed E-state index contributed by atoms with van der Waals surface area (Å²) in [6.07, 6.45) is 4.16. The van der Waals surface area contributed by atoms with Crippen LogP contribution in [0.5, 0.6) is 11.5 Å². The van der Waals surface area contributed by atoms with Gasteiger partial charge in [-0.3, -0.25) is 4.98 Å². The first-order valence-corrected chi connectivity index (χ1v) is 7.18. The lowest BCUT2D eigenvalue weighted by Crippen LogP contribution is -2.02. The number of nitrogens with zero attached hydrogens (tertiary/aromatic N) is 3. The van der Waals surface area contributed by atoms with Crippen molar-refractivity contribution in [1.82, 2.24) is 14.5 Å². The second kappa shape index (κ2) is 5.31. The number of ether oxygens (including phenoxy) is 2. The molecule has 6 nitrogen and oxygen atoms in total. The summed E-state index contributed by atoms with van der Waals surface area (Å²) in [6, 6.07) is 7.71. The second-order valence-corrected chi connectivity index (χ2v) is 5.09. The summed E-state index contributed by atoms with van der Waals surface area (Å²) in [4.78, 5) is 8.78. The fourth-order valence-electron chi connectivity index (χ4n) is 2.69. The molecular formula is C16H15N3O3. The summed E-state index contributed by atoms with van der Waals surface area (Å²) in [5, 5.41) is 9.17. The number of fused-ring (bicyclic) bond motifs is 2. The molecule has 0 saturated carbocycles. The van der Waals surface area contributed by atoms with Crippen molar-refractivity contribution >= 4 is 11.0 Å². The van der Waals surface area contributed by atoms with Crippen LogP contribution in [0.4, 0.5) is 0 Å². The van der Waals surface area contributed by atoms with Crippen molar-refractivity contribution in [3.8, 4) is 22.9 Å². The molecule has 1 aromatic carbocycles. The van der Waals surface area contributed by atoms with E-state index < -0.39 is 0 Å². The van der Waals surface area contributed by atoms with Gasteiger partial charge in [0.2, 0.25) is 6.79 Å². The van der Waals surface area contributed by atoms with Crippen LogP contribution in [0.25, 0.3) is 22.4 Å². The van der Waals surface area contributed by atoms with Gasteiger partial charge in [-0.1, -0.05) is 0 Å². The molecule has 0 bridgehead atoms. The van der Waals surface area contributed by atoms with Crippen molar-refractivity contribution in [2.75, 3.05) is 13.4 Å². The molecule has 3 heterocycles. The normalized spacial score (nSPS) is 13.0. The number of rotatable bonds is 4. The first-order valence-electron chi connectivity index (χ1n) is 7.18. The summed E-state index contributed by atoms with van der Waals surface area (Å²) in [6.45, 7) is 1.07. The molecule has 1 aliphatic rings. The fraction of sp³-hybridized carbons (Fsp3) is 0.250. The average Bonchev–Trinajstić information content (AvgIpc) is 3.15. The minimum atomic E-state index is 0.139. The van der Waals surface area contributed by atoms with Crippen LogP contribution in [0, 0.1) is 0 Å². The lowest BCUT2D eigenvalue weighted by Gasteiger charge is -2.08. The lowest BCUT2D eigenvalue weighted by atomic mass is 10.2. The molecule has 112 valence electrons. The third-order valence-corrected chi connectivity index (χ3v) is 3.72. The number of aliphatic hydroxyl groups excluding tert-OH is 1. The van der Waals surface area contributed by atoms with E-state index in [1.54, 1.807) is 12.4 Å². The third kappa shape index (κ3) is 2.08. The van der Waals surface area contributed by atoms with Gasteiger partial charge in [-0.05, 0) is 18.6 Å². The molecule has 6 heteroatoms. The highest BCUT2D eigenvalue weighted by Gasteiger charge is 2.19. The predicted octanol–water partition coefficient (Wildman–Crippen LogP) is 2.21. The Morgan fingerprint density at radius 1 is 1.14 bits per heavy atom. The molecule has 0 fully saturated rings. The maximum atomic E-state index is 9.17. The van der Waals surface area contributed by atoms with Gasteiger partial charge in [0.05, 0.1) is 11.0 Å². The molecule has 0 unspecified atom stereocenters. The average molecular weight is 297 g/mol. The number of aliphatic hydroxyl groups is 1. The minimum Gasteiger partial charge on any atom is -0.454 e. The van der Waals surface area contributed by atoms with Gasteiger partial charge in [-0.25, -0.2) is 4.98 Å². The van der Waals surface area contributed by atoms with Crippen LogP contribution < -0.4 is 9.47 Å². The van der Waals surface area contributed by atoms with Crippen molar-refractivity contribution < 1.29 is 14.6 Å². The molecule has 0 saturated heterocycles. The lowest BCUT2D eigenvalue weighted by molar-refractivity contribution is 0.174. The Hall–Kier alpha value is -2.60. The highest BCUT2D eigenvalue weighted by Crippen LogP contribution is 2.37. The van der Waals surface area contributed by atoms with Crippen LogP contribution in [0.15, 0.2) is 36.7 Å². The second-order valence-electron chi connectivity index (χ2n) is 5.09. The number of imidazole rings is 1. The van der Waals surface area contributed by atoms with E-state index in [4.69, 9.17) is 19.6 Å². The Balaban J connectivity index is 1.91. The van der Waals surface area contributed by atoms with Gasteiger partial charge < -0.3 is 19.1 Å².